The van der Waals surface area contributed by atoms with E-state index in [0.29, 0.717) is 18.8 Å². The van der Waals surface area contributed by atoms with E-state index >= 15 is 0 Å². The highest BCUT2D eigenvalue weighted by atomic mass is 16.5. The molecule has 1 saturated heterocycles. The Labute approximate surface area is 134 Å². The van der Waals surface area contributed by atoms with Gasteiger partial charge in [0, 0.05) is 50.6 Å². The summed E-state index contributed by atoms with van der Waals surface area (Å²) in [6.45, 7) is 2.77. The summed E-state index contributed by atoms with van der Waals surface area (Å²) in [4.78, 5) is 25.2. The topological polar surface area (TPSA) is 75.4 Å². The van der Waals surface area contributed by atoms with Crippen molar-refractivity contribution in [2.75, 3.05) is 31.1 Å². The molecule has 0 spiro atoms. The van der Waals surface area contributed by atoms with Gasteiger partial charge in [-0.15, -0.1) is 0 Å². The zero-order chi connectivity index (χ0) is 15.6. The van der Waals surface area contributed by atoms with Crippen LogP contribution in [0.5, 0.6) is 0 Å². The quantitative estimate of drug-likeness (QED) is 0.832. The molecule has 0 bridgehead atoms. The zero-order valence-electron chi connectivity index (χ0n) is 12.9. The molecule has 2 aromatic rings. The van der Waals surface area contributed by atoms with Crippen molar-refractivity contribution in [3.05, 3.63) is 35.5 Å². The predicted octanol–water partition coefficient (Wildman–Crippen LogP) is 1.31. The van der Waals surface area contributed by atoms with Crippen LogP contribution in [-0.4, -0.2) is 52.1 Å². The molecule has 0 atom stereocenters. The van der Waals surface area contributed by atoms with Gasteiger partial charge in [-0.1, -0.05) is 5.16 Å². The molecular formula is C16H19N5O2. The maximum Gasteiger partial charge on any atom is 0.276 e. The Bertz CT molecular complexity index is 692. The molecular weight excluding hydrogens is 294 g/mol. The first-order valence-corrected chi connectivity index (χ1v) is 8.11. The lowest BCUT2D eigenvalue weighted by molar-refractivity contribution is 0.0735. The first-order chi connectivity index (χ1) is 11.3. The molecule has 0 radical (unpaired) electrons. The summed E-state index contributed by atoms with van der Waals surface area (Å²) >= 11 is 0. The maximum atomic E-state index is 12.7. The number of anilines is 1. The Morgan fingerprint density at radius 2 is 1.78 bits per heavy atom. The summed E-state index contributed by atoms with van der Waals surface area (Å²) in [5, 5.41) is 4.05. The number of rotatable bonds is 2. The van der Waals surface area contributed by atoms with E-state index in [1.807, 2.05) is 4.90 Å². The standard InChI is InChI=1S/C16H19N5O2/c22-15(14-12-4-1-2-5-13(12)23-19-14)20-8-10-21(11-9-20)16-17-6-3-7-18-16/h3,6-7H,1-2,4-5,8-11H2. The van der Waals surface area contributed by atoms with Crippen LogP contribution in [0.15, 0.2) is 23.0 Å². The minimum atomic E-state index is -0.00877. The number of aryl methyl sites for hydroxylation is 1. The van der Waals surface area contributed by atoms with Crippen molar-refractivity contribution in [2.45, 2.75) is 25.7 Å². The molecule has 0 N–H and O–H groups in total. The Kier molecular flexibility index (Phi) is 3.69. The number of amides is 1. The second-order valence-electron chi connectivity index (χ2n) is 5.97. The predicted molar refractivity (Wildman–Crippen MR) is 83.3 cm³/mol. The molecule has 1 amide bonds. The molecule has 2 aromatic heterocycles. The van der Waals surface area contributed by atoms with Gasteiger partial charge in [0.1, 0.15) is 5.76 Å². The van der Waals surface area contributed by atoms with E-state index in [0.717, 1.165) is 56.0 Å². The van der Waals surface area contributed by atoms with Crippen LogP contribution in [0.1, 0.15) is 34.7 Å². The van der Waals surface area contributed by atoms with Crippen molar-refractivity contribution in [1.82, 2.24) is 20.0 Å². The fourth-order valence-corrected chi connectivity index (χ4v) is 3.27. The van der Waals surface area contributed by atoms with Crippen LogP contribution >= 0.6 is 0 Å². The van der Waals surface area contributed by atoms with Gasteiger partial charge in [0.2, 0.25) is 5.95 Å². The van der Waals surface area contributed by atoms with Gasteiger partial charge in [0.15, 0.2) is 5.69 Å². The molecule has 0 unspecified atom stereocenters. The molecule has 3 heterocycles. The van der Waals surface area contributed by atoms with Gasteiger partial charge in [0.05, 0.1) is 0 Å². The summed E-state index contributed by atoms with van der Waals surface area (Å²) in [6, 6.07) is 1.80. The van der Waals surface area contributed by atoms with Crippen molar-refractivity contribution in [1.29, 1.82) is 0 Å². The van der Waals surface area contributed by atoms with Crippen LogP contribution < -0.4 is 4.90 Å². The van der Waals surface area contributed by atoms with Gasteiger partial charge >= 0.3 is 0 Å². The summed E-state index contributed by atoms with van der Waals surface area (Å²) in [7, 11) is 0. The van der Waals surface area contributed by atoms with Crippen molar-refractivity contribution in [3.8, 4) is 0 Å². The monoisotopic (exact) mass is 313 g/mol. The average Bonchev–Trinajstić information content (AvgIpc) is 3.06. The second kappa shape index (κ2) is 5.98. The molecule has 4 rings (SSSR count). The van der Waals surface area contributed by atoms with Crippen LogP contribution in [0, 0.1) is 0 Å². The fourth-order valence-electron chi connectivity index (χ4n) is 3.27. The third-order valence-corrected chi connectivity index (χ3v) is 4.55. The molecule has 120 valence electrons. The smallest absolute Gasteiger partial charge is 0.276 e. The highest BCUT2D eigenvalue weighted by molar-refractivity contribution is 5.94. The summed E-state index contributed by atoms with van der Waals surface area (Å²) < 4.78 is 5.36. The van der Waals surface area contributed by atoms with Crippen molar-refractivity contribution >= 4 is 11.9 Å². The lowest BCUT2D eigenvalue weighted by atomic mass is 9.96. The minimum Gasteiger partial charge on any atom is -0.360 e. The second-order valence-corrected chi connectivity index (χ2v) is 5.97. The van der Waals surface area contributed by atoms with E-state index in [9.17, 15) is 4.79 Å². The average molecular weight is 313 g/mol. The summed E-state index contributed by atoms with van der Waals surface area (Å²) in [5.74, 6) is 1.61. The number of hydrogen-bond acceptors (Lipinski definition) is 6. The van der Waals surface area contributed by atoms with Crippen LogP contribution in [0.2, 0.25) is 0 Å². The molecule has 1 fully saturated rings. The zero-order valence-corrected chi connectivity index (χ0v) is 12.9. The molecule has 1 aliphatic carbocycles. The van der Waals surface area contributed by atoms with Crippen molar-refractivity contribution in [3.63, 3.8) is 0 Å². The number of fused-ring (bicyclic) bond motifs is 1. The number of hydrogen-bond donors (Lipinski definition) is 0. The van der Waals surface area contributed by atoms with Gasteiger partial charge in [-0.05, 0) is 25.3 Å². The minimum absolute atomic E-state index is 0.00877. The van der Waals surface area contributed by atoms with Gasteiger partial charge in [-0.25, -0.2) is 9.97 Å². The number of aromatic nitrogens is 3. The summed E-state index contributed by atoms with van der Waals surface area (Å²) in [6.07, 6.45) is 7.49. The number of carbonyl (C=O) groups excluding carboxylic acids is 1. The van der Waals surface area contributed by atoms with Crippen LogP contribution in [0.4, 0.5) is 5.95 Å². The van der Waals surface area contributed by atoms with E-state index < -0.39 is 0 Å². The van der Waals surface area contributed by atoms with Gasteiger partial charge in [0.25, 0.3) is 5.91 Å². The summed E-state index contributed by atoms with van der Waals surface area (Å²) in [5.41, 5.74) is 1.54. The highest BCUT2D eigenvalue weighted by Crippen LogP contribution is 2.25. The Hall–Kier alpha value is -2.44. The third kappa shape index (κ3) is 2.67. The Morgan fingerprint density at radius 1 is 1.04 bits per heavy atom. The Balaban J connectivity index is 1.44. The number of carbonyl (C=O) groups is 1. The van der Waals surface area contributed by atoms with E-state index in [4.69, 9.17) is 4.52 Å². The van der Waals surface area contributed by atoms with Crippen LogP contribution in [0.25, 0.3) is 0 Å². The molecule has 7 nitrogen and oxygen atoms in total. The largest absolute Gasteiger partial charge is 0.360 e. The van der Waals surface area contributed by atoms with E-state index in [-0.39, 0.29) is 5.91 Å². The van der Waals surface area contributed by atoms with E-state index in [1.165, 1.54) is 0 Å². The molecule has 23 heavy (non-hydrogen) atoms. The first-order valence-electron chi connectivity index (χ1n) is 8.11. The van der Waals surface area contributed by atoms with E-state index in [1.54, 1.807) is 18.5 Å². The van der Waals surface area contributed by atoms with Gasteiger partial charge in [-0.2, -0.15) is 0 Å². The lowest BCUT2D eigenvalue weighted by Gasteiger charge is -2.34. The van der Waals surface area contributed by atoms with E-state index in [2.05, 4.69) is 20.0 Å². The Morgan fingerprint density at radius 3 is 2.57 bits per heavy atom. The molecule has 2 aliphatic rings. The van der Waals surface area contributed by atoms with Crippen molar-refractivity contribution in [2.24, 2.45) is 0 Å². The third-order valence-electron chi connectivity index (χ3n) is 4.55. The normalized spacial score (nSPS) is 17.9. The molecule has 7 heteroatoms. The molecule has 0 aromatic carbocycles. The fraction of sp³-hybridized carbons (Fsp3) is 0.500. The van der Waals surface area contributed by atoms with Gasteiger partial charge < -0.3 is 14.3 Å². The number of piperazine rings is 1. The SMILES string of the molecule is O=C(c1noc2c1CCCC2)N1CCN(c2ncccn2)CC1. The number of nitrogens with zero attached hydrogens (tertiary/aromatic N) is 5. The van der Waals surface area contributed by atoms with Crippen molar-refractivity contribution < 1.29 is 9.32 Å². The van der Waals surface area contributed by atoms with Crippen LogP contribution in [0.3, 0.4) is 0 Å². The maximum absolute atomic E-state index is 12.7. The lowest BCUT2D eigenvalue weighted by Crippen LogP contribution is -2.49. The van der Waals surface area contributed by atoms with Gasteiger partial charge in [-0.3, -0.25) is 4.79 Å². The first kappa shape index (κ1) is 14.2. The molecule has 0 saturated carbocycles. The molecule has 1 aliphatic heterocycles. The highest BCUT2D eigenvalue weighted by Gasteiger charge is 2.29. The van der Waals surface area contributed by atoms with Crippen LogP contribution in [-0.2, 0) is 12.8 Å².